The molecule has 1 aromatic rings. The first kappa shape index (κ1) is 16.2. The van der Waals surface area contributed by atoms with Crippen molar-refractivity contribution in [2.24, 2.45) is 0 Å². The summed E-state index contributed by atoms with van der Waals surface area (Å²) in [5, 5.41) is 13.2. The number of benzene rings is 1. The molecule has 9 heteroatoms. The highest BCUT2D eigenvalue weighted by molar-refractivity contribution is 9.10. The third kappa shape index (κ3) is 3.73. The number of hydrogen-bond donors (Lipinski definition) is 3. The van der Waals surface area contributed by atoms with E-state index in [1.807, 2.05) is 5.32 Å². The summed E-state index contributed by atoms with van der Waals surface area (Å²) < 4.78 is 14.1. The molecule has 1 aliphatic rings. The lowest BCUT2D eigenvalue weighted by molar-refractivity contribution is -0.123. The number of likely N-dealkylation sites (tertiary alicyclic amines) is 1. The molecule has 0 bridgehead atoms. The number of carbonyl (C=O) groups excluding carboxylic acids is 2. The number of carbonyl (C=O) groups is 3. The van der Waals surface area contributed by atoms with E-state index in [4.69, 9.17) is 5.11 Å². The van der Waals surface area contributed by atoms with Gasteiger partial charge in [0.15, 0.2) is 0 Å². The molecule has 0 saturated carbocycles. The van der Waals surface area contributed by atoms with E-state index in [0.29, 0.717) is 17.3 Å². The smallest absolute Gasteiger partial charge is 0.407 e. The zero-order chi connectivity index (χ0) is 16.3. The molecular weight excluding hydrogens is 361 g/mol. The summed E-state index contributed by atoms with van der Waals surface area (Å²) in [6, 6.07) is 2.22. The van der Waals surface area contributed by atoms with Crippen LogP contribution in [0.15, 0.2) is 22.7 Å². The Balaban J connectivity index is 1.97. The van der Waals surface area contributed by atoms with E-state index in [1.165, 1.54) is 18.2 Å². The van der Waals surface area contributed by atoms with Gasteiger partial charge in [-0.05, 0) is 31.0 Å². The van der Waals surface area contributed by atoms with E-state index < -0.39 is 29.9 Å². The van der Waals surface area contributed by atoms with Gasteiger partial charge in [-0.3, -0.25) is 15.0 Å². The van der Waals surface area contributed by atoms with Crippen molar-refractivity contribution >= 4 is 39.6 Å². The third-order valence-electron chi connectivity index (χ3n) is 3.22. The zero-order valence-electron chi connectivity index (χ0n) is 11.3. The number of urea groups is 1. The molecule has 0 radical (unpaired) electrons. The van der Waals surface area contributed by atoms with Gasteiger partial charge in [0.1, 0.15) is 11.9 Å². The summed E-state index contributed by atoms with van der Waals surface area (Å²) in [5.74, 6) is -1.39. The molecule has 3 N–H and O–H groups in total. The van der Waals surface area contributed by atoms with Crippen LogP contribution in [0, 0.1) is 5.82 Å². The van der Waals surface area contributed by atoms with E-state index in [1.54, 1.807) is 0 Å². The first-order chi connectivity index (χ1) is 10.4. The van der Waals surface area contributed by atoms with Gasteiger partial charge in [0.05, 0.1) is 5.69 Å². The topological polar surface area (TPSA) is 98.7 Å². The predicted octanol–water partition coefficient (Wildman–Crippen LogP) is 2.38. The molecule has 7 nitrogen and oxygen atoms in total. The average Bonchev–Trinajstić information content (AvgIpc) is 2.91. The molecule has 4 amide bonds. The summed E-state index contributed by atoms with van der Waals surface area (Å²) >= 11 is 3.08. The van der Waals surface area contributed by atoms with Crippen molar-refractivity contribution in [2.75, 3.05) is 11.9 Å². The van der Waals surface area contributed by atoms with E-state index >= 15 is 0 Å². The van der Waals surface area contributed by atoms with Gasteiger partial charge in [-0.15, -0.1) is 0 Å². The largest absolute Gasteiger partial charge is 0.465 e. The van der Waals surface area contributed by atoms with Gasteiger partial charge in [0, 0.05) is 11.0 Å². The molecule has 2 rings (SSSR count). The van der Waals surface area contributed by atoms with Crippen LogP contribution in [0.2, 0.25) is 0 Å². The normalized spacial score (nSPS) is 17.2. The lowest BCUT2D eigenvalue weighted by atomic mass is 10.2. The molecule has 118 valence electrons. The third-order valence-corrected chi connectivity index (χ3v) is 3.71. The van der Waals surface area contributed by atoms with Crippen LogP contribution in [0.4, 0.5) is 19.7 Å². The second kappa shape index (κ2) is 6.73. The van der Waals surface area contributed by atoms with Gasteiger partial charge in [-0.1, -0.05) is 15.9 Å². The number of rotatable bonds is 2. The summed E-state index contributed by atoms with van der Waals surface area (Å²) in [7, 11) is 0. The second-order valence-electron chi connectivity index (χ2n) is 4.70. The summed E-state index contributed by atoms with van der Waals surface area (Å²) in [6.45, 7) is 0.246. The Morgan fingerprint density at radius 2 is 2.09 bits per heavy atom. The van der Waals surface area contributed by atoms with Crippen LogP contribution >= 0.6 is 15.9 Å². The van der Waals surface area contributed by atoms with E-state index in [-0.39, 0.29) is 12.2 Å². The van der Waals surface area contributed by atoms with Gasteiger partial charge in [-0.25, -0.2) is 14.0 Å². The van der Waals surface area contributed by atoms with Crippen molar-refractivity contribution in [2.45, 2.75) is 18.9 Å². The standard InChI is InChI=1S/C13H13BrFN3O4/c14-7-3-4-9(8(15)6-7)16-12(20)17-11(19)10-2-1-5-18(10)13(21)22/h3-4,6,10H,1-2,5H2,(H,21,22)(H2,16,17,19,20). The van der Waals surface area contributed by atoms with E-state index in [9.17, 15) is 18.8 Å². The Labute approximate surface area is 133 Å². The van der Waals surface area contributed by atoms with Crippen molar-refractivity contribution in [3.8, 4) is 0 Å². The molecule has 0 aromatic heterocycles. The minimum Gasteiger partial charge on any atom is -0.465 e. The van der Waals surface area contributed by atoms with Crippen LogP contribution in [-0.2, 0) is 4.79 Å². The summed E-state index contributed by atoms with van der Waals surface area (Å²) in [4.78, 5) is 35.6. The molecule has 1 aliphatic heterocycles. The quantitative estimate of drug-likeness (QED) is 0.740. The first-order valence-corrected chi connectivity index (χ1v) is 7.24. The van der Waals surface area contributed by atoms with Crippen molar-refractivity contribution < 1.29 is 23.9 Å². The Morgan fingerprint density at radius 3 is 2.73 bits per heavy atom. The SMILES string of the molecule is O=C(NC(=O)C1CCCN1C(=O)O)Nc1ccc(Br)cc1F. The van der Waals surface area contributed by atoms with Crippen LogP contribution in [-0.4, -0.2) is 40.6 Å². The van der Waals surface area contributed by atoms with Crippen molar-refractivity contribution in [1.29, 1.82) is 0 Å². The summed E-state index contributed by atoms with van der Waals surface area (Å²) in [5.41, 5.74) is -0.0880. The number of anilines is 1. The van der Waals surface area contributed by atoms with Crippen molar-refractivity contribution in [3.05, 3.63) is 28.5 Å². The van der Waals surface area contributed by atoms with Crippen LogP contribution in [0.1, 0.15) is 12.8 Å². The molecular formula is C13H13BrFN3O4. The molecule has 1 unspecified atom stereocenters. The Hall–Kier alpha value is -2.16. The van der Waals surface area contributed by atoms with Crippen LogP contribution in [0.3, 0.4) is 0 Å². The van der Waals surface area contributed by atoms with Gasteiger partial charge in [0.2, 0.25) is 0 Å². The van der Waals surface area contributed by atoms with Gasteiger partial charge >= 0.3 is 12.1 Å². The highest BCUT2D eigenvalue weighted by atomic mass is 79.9. The fraction of sp³-hybridized carbons (Fsp3) is 0.308. The minimum absolute atomic E-state index is 0.0880. The van der Waals surface area contributed by atoms with Crippen molar-refractivity contribution in [3.63, 3.8) is 0 Å². The van der Waals surface area contributed by atoms with Crippen LogP contribution in [0.25, 0.3) is 0 Å². The van der Waals surface area contributed by atoms with Gasteiger partial charge in [0.25, 0.3) is 5.91 Å². The number of nitrogens with zero attached hydrogens (tertiary/aromatic N) is 1. The number of imide groups is 1. The Bertz CT molecular complexity index is 625. The van der Waals surface area contributed by atoms with Crippen molar-refractivity contribution in [1.82, 2.24) is 10.2 Å². The van der Waals surface area contributed by atoms with Crippen LogP contribution < -0.4 is 10.6 Å². The molecule has 0 aliphatic carbocycles. The molecule has 22 heavy (non-hydrogen) atoms. The lowest BCUT2D eigenvalue weighted by Crippen LogP contribution is -2.48. The lowest BCUT2D eigenvalue weighted by Gasteiger charge is -2.20. The van der Waals surface area contributed by atoms with E-state index in [2.05, 4.69) is 21.2 Å². The predicted molar refractivity (Wildman–Crippen MR) is 79.0 cm³/mol. The molecule has 1 atom stereocenters. The highest BCUT2D eigenvalue weighted by Gasteiger charge is 2.34. The fourth-order valence-electron chi connectivity index (χ4n) is 2.21. The Kier molecular flexibility index (Phi) is 4.96. The number of halogens is 2. The monoisotopic (exact) mass is 373 g/mol. The molecule has 0 spiro atoms. The molecule has 1 aromatic carbocycles. The maximum atomic E-state index is 13.6. The fourth-order valence-corrected chi connectivity index (χ4v) is 2.54. The number of amides is 4. The molecule has 1 heterocycles. The average molecular weight is 374 g/mol. The second-order valence-corrected chi connectivity index (χ2v) is 5.62. The zero-order valence-corrected chi connectivity index (χ0v) is 12.9. The number of carboxylic acid groups (broad SMARTS) is 1. The number of hydrogen-bond acceptors (Lipinski definition) is 3. The van der Waals surface area contributed by atoms with Crippen LogP contribution in [0.5, 0.6) is 0 Å². The molecule has 1 saturated heterocycles. The maximum absolute atomic E-state index is 13.6. The van der Waals surface area contributed by atoms with Gasteiger partial charge < -0.3 is 10.4 Å². The maximum Gasteiger partial charge on any atom is 0.407 e. The number of nitrogens with one attached hydrogen (secondary N) is 2. The molecule has 1 fully saturated rings. The van der Waals surface area contributed by atoms with Gasteiger partial charge in [-0.2, -0.15) is 0 Å². The van der Waals surface area contributed by atoms with E-state index in [0.717, 1.165) is 4.90 Å². The summed E-state index contributed by atoms with van der Waals surface area (Å²) in [6.07, 6.45) is -0.317. The highest BCUT2D eigenvalue weighted by Crippen LogP contribution is 2.20. The first-order valence-electron chi connectivity index (χ1n) is 6.45. The minimum atomic E-state index is -1.21. The Morgan fingerprint density at radius 1 is 1.36 bits per heavy atom.